The van der Waals surface area contributed by atoms with Gasteiger partial charge >= 0.3 is 6.09 Å². The van der Waals surface area contributed by atoms with Gasteiger partial charge in [-0.2, -0.15) is 0 Å². The predicted octanol–water partition coefficient (Wildman–Crippen LogP) is 0.794. The molecular formula is C8H15NO4. The molecule has 0 unspecified atom stereocenters. The van der Waals surface area contributed by atoms with Gasteiger partial charge in [0.2, 0.25) is 0 Å². The van der Waals surface area contributed by atoms with Crippen LogP contribution in [0.3, 0.4) is 0 Å². The number of ether oxygens (including phenoxy) is 2. The Morgan fingerprint density at radius 2 is 2.31 bits per heavy atom. The molecule has 1 fully saturated rings. The van der Waals surface area contributed by atoms with Gasteiger partial charge in [0.05, 0.1) is 12.6 Å². The van der Waals surface area contributed by atoms with Gasteiger partial charge in [-0.1, -0.05) is 0 Å². The summed E-state index contributed by atoms with van der Waals surface area (Å²) in [5.74, 6) is -0.598. The predicted molar refractivity (Wildman–Crippen MR) is 45.5 cm³/mol. The van der Waals surface area contributed by atoms with Crippen molar-refractivity contribution in [3.8, 4) is 0 Å². The zero-order valence-electron chi connectivity index (χ0n) is 8.03. The fraction of sp³-hybridized carbons (Fsp3) is 0.875. The van der Waals surface area contributed by atoms with E-state index in [1.165, 1.54) is 0 Å². The molecule has 1 saturated heterocycles. The summed E-state index contributed by atoms with van der Waals surface area (Å²) in [5, 5.41) is 10.8. The Morgan fingerprint density at radius 3 is 2.69 bits per heavy atom. The summed E-state index contributed by atoms with van der Waals surface area (Å²) < 4.78 is 10.8. The van der Waals surface area contributed by atoms with Gasteiger partial charge in [-0.15, -0.1) is 0 Å². The lowest BCUT2D eigenvalue weighted by Crippen LogP contribution is -2.42. The lowest BCUT2D eigenvalue weighted by molar-refractivity contribution is -0.140. The maximum absolute atomic E-state index is 10.3. The topological polar surface area (TPSA) is 67.8 Å². The zero-order valence-corrected chi connectivity index (χ0v) is 8.03. The zero-order chi connectivity index (χ0) is 10.1. The number of carbonyl (C=O) groups is 1. The fourth-order valence-corrected chi connectivity index (χ4v) is 1.25. The molecule has 13 heavy (non-hydrogen) atoms. The third-order valence-corrected chi connectivity index (χ3v) is 1.94. The van der Waals surface area contributed by atoms with Crippen molar-refractivity contribution in [2.24, 2.45) is 0 Å². The van der Waals surface area contributed by atoms with Crippen molar-refractivity contribution in [3.05, 3.63) is 0 Å². The highest BCUT2D eigenvalue weighted by atomic mass is 16.7. The number of hydrogen-bond acceptors (Lipinski definition) is 3. The highest BCUT2D eigenvalue weighted by molar-refractivity contribution is 5.64. The second-order valence-electron chi connectivity index (χ2n) is 3.61. The quantitative estimate of drug-likeness (QED) is 0.674. The normalized spacial score (nSPS) is 28.4. The Bertz CT molecular complexity index is 204. The lowest BCUT2D eigenvalue weighted by atomic mass is 10.2. The molecule has 76 valence electrons. The molecule has 5 heteroatoms. The van der Waals surface area contributed by atoms with E-state index < -0.39 is 11.9 Å². The maximum Gasteiger partial charge on any atom is 0.404 e. The summed E-state index contributed by atoms with van der Waals surface area (Å²) >= 11 is 0. The molecule has 0 aromatic heterocycles. The smallest absolute Gasteiger partial charge is 0.404 e. The molecule has 1 rings (SSSR count). The van der Waals surface area contributed by atoms with Crippen molar-refractivity contribution < 1.29 is 19.4 Å². The Labute approximate surface area is 77.0 Å². The first kappa shape index (κ1) is 10.3. The molecule has 0 saturated carbocycles. The number of amides is 1. The molecule has 0 spiro atoms. The summed E-state index contributed by atoms with van der Waals surface area (Å²) in [5.41, 5.74) is 0. The van der Waals surface area contributed by atoms with E-state index in [2.05, 4.69) is 5.32 Å². The van der Waals surface area contributed by atoms with E-state index in [1.54, 1.807) is 20.8 Å². The summed E-state index contributed by atoms with van der Waals surface area (Å²) in [7, 11) is 0. The Kier molecular flexibility index (Phi) is 2.77. The van der Waals surface area contributed by atoms with Crippen molar-refractivity contribution in [1.82, 2.24) is 5.32 Å². The van der Waals surface area contributed by atoms with Crippen LogP contribution in [-0.2, 0) is 9.47 Å². The first-order valence-corrected chi connectivity index (χ1v) is 4.22. The molecular weight excluding hydrogens is 174 g/mol. The van der Waals surface area contributed by atoms with Crippen molar-refractivity contribution in [3.63, 3.8) is 0 Å². The summed E-state index contributed by atoms with van der Waals surface area (Å²) in [6, 6.07) is -0.251. The number of nitrogens with one attached hydrogen (secondary N) is 1. The molecule has 2 atom stereocenters. The van der Waals surface area contributed by atoms with Gasteiger partial charge in [0, 0.05) is 0 Å². The van der Waals surface area contributed by atoms with Gasteiger partial charge in [0.15, 0.2) is 5.79 Å². The van der Waals surface area contributed by atoms with Gasteiger partial charge in [-0.05, 0) is 20.8 Å². The molecule has 1 amide bonds. The van der Waals surface area contributed by atoms with Crippen LogP contribution in [0.5, 0.6) is 0 Å². The van der Waals surface area contributed by atoms with E-state index in [0.29, 0.717) is 6.61 Å². The summed E-state index contributed by atoms with van der Waals surface area (Å²) in [6.45, 7) is 5.79. The van der Waals surface area contributed by atoms with Crippen LogP contribution in [0.4, 0.5) is 4.79 Å². The van der Waals surface area contributed by atoms with E-state index in [4.69, 9.17) is 14.6 Å². The molecule has 0 aliphatic carbocycles. The van der Waals surface area contributed by atoms with Crippen molar-refractivity contribution in [2.45, 2.75) is 38.7 Å². The highest BCUT2D eigenvalue weighted by Crippen LogP contribution is 2.23. The lowest BCUT2D eigenvalue weighted by Gasteiger charge is -2.20. The van der Waals surface area contributed by atoms with Crippen molar-refractivity contribution in [1.29, 1.82) is 0 Å². The first-order chi connectivity index (χ1) is 5.91. The largest absolute Gasteiger partial charge is 0.465 e. The molecule has 2 N–H and O–H groups in total. The van der Waals surface area contributed by atoms with Crippen LogP contribution in [-0.4, -0.2) is 35.7 Å². The minimum atomic E-state index is -1.04. The minimum absolute atomic E-state index is 0.203. The van der Waals surface area contributed by atoms with Crippen LogP contribution in [0.2, 0.25) is 0 Å². The fourth-order valence-electron chi connectivity index (χ4n) is 1.25. The maximum atomic E-state index is 10.3. The van der Waals surface area contributed by atoms with Crippen molar-refractivity contribution >= 4 is 6.09 Å². The molecule has 0 radical (unpaired) electrons. The number of hydrogen-bond donors (Lipinski definition) is 2. The van der Waals surface area contributed by atoms with E-state index in [9.17, 15) is 4.79 Å². The molecule has 1 aliphatic heterocycles. The highest BCUT2D eigenvalue weighted by Gasteiger charge is 2.36. The molecule has 0 aromatic rings. The Balaban J connectivity index is 2.42. The third-order valence-electron chi connectivity index (χ3n) is 1.94. The van der Waals surface area contributed by atoms with Crippen LogP contribution in [0, 0.1) is 0 Å². The van der Waals surface area contributed by atoms with Crippen LogP contribution in [0.25, 0.3) is 0 Å². The van der Waals surface area contributed by atoms with Gasteiger partial charge in [-0.3, -0.25) is 0 Å². The average molecular weight is 189 g/mol. The van der Waals surface area contributed by atoms with Gasteiger partial charge in [0.25, 0.3) is 0 Å². The molecule has 0 aromatic carbocycles. The van der Waals surface area contributed by atoms with Crippen LogP contribution in [0.1, 0.15) is 20.8 Å². The first-order valence-electron chi connectivity index (χ1n) is 4.22. The number of rotatable bonds is 2. The van der Waals surface area contributed by atoms with E-state index in [0.717, 1.165) is 0 Å². The van der Waals surface area contributed by atoms with E-state index in [1.807, 2.05) is 0 Å². The Morgan fingerprint density at radius 1 is 1.69 bits per heavy atom. The molecule has 1 aliphatic rings. The summed E-state index contributed by atoms with van der Waals surface area (Å²) in [4.78, 5) is 10.3. The van der Waals surface area contributed by atoms with Gasteiger partial charge in [-0.25, -0.2) is 4.79 Å². The van der Waals surface area contributed by atoms with Crippen LogP contribution in [0.15, 0.2) is 0 Å². The van der Waals surface area contributed by atoms with E-state index >= 15 is 0 Å². The summed E-state index contributed by atoms with van der Waals surface area (Å²) in [6.07, 6.45) is -1.24. The molecule has 5 nitrogen and oxygen atoms in total. The second kappa shape index (κ2) is 3.51. The monoisotopic (exact) mass is 189 g/mol. The van der Waals surface area contributed by atoms with Crippen molar-refractivity contribution in [2.75, 3.05) is 6.61 Å². The van der Waals surface area contributed by atoms with Gasteiger partial charge < -0.3 is 19.9 Å². The van der Waals surface area contributed by atoms with Gasteiger partial charge in [0.1, 0.15) is 6.10 Å². The van der Waals surface area contributed by atoms with Crippen LogP contribution < -0.4 is 5.32 Å². The minimum Gasteiger partial charge on any atom is -0.465 e. The van der Waals surface area contributed by atoms with Crippen LogP contribution >= 0.6 is 0 Å². The SMILES string of the molecule is C[C@@H](NC(=O)O)[C@@H]1COC(C)(C)O1. The standard InChI is InChI=1S/C8H15NO4/c1-5(9-7(10)11)6-4-12-8(2,3)13-6/h5-6,9H,4H2,1-3H3,(H,10,11)/t5-,6+/m1/s1. The third kappa shape index (κ3) is 2.86. The van der Waals surface area contributed by atoms with E-state index in [-0.39, 0.29) is 12.1 Å². The Hall–Kier alpha value is -0.810. The number of carboxylic acid groups (broad SMARTS) is 1. The molecule has 0 bridgehead atoms. The average Bonchev–Trinajstić information content (AvgIpc) is 2.28. The second-order valence-corrected chi connectivity index (χ2v) is 3.61. The molecule has 1 heterocycles.